The zero-order chi connectivity index (χ0) is 15.1. The number of carbonyl (C=O) groups is 2. The summed E-state index contributed by atoms with van der Waals surface area (Å²) in [5.41, 5.74) is 0. The quantitative estimate of drug-likeness (QED) is 0.710. The first-order valence-electron chi connectivity index (χ1n) is 5.99. The Balaban J connectivity index is 0.000000399. The molecule has 112 valence electrons. The lowest BCUT2D eigenvalue weighted by Gasteiger charge is -2.26. The summed E-state index contributed by atoms with van der Waals surface area (Å²) in [7, 11) is 0. The van der Waals surface area contributed by atoms with Gasteiger partial charge in [-0.1, -0.05) is 6.92 Å². The highest BCUT2D eigenvalue weighted by Crippen LogP contribution is 2.14. The SMILES string of the molecule is CCNC(=O)[C@H]1C[C@H](C)CCN1.O=C(O)C(F)(F)F. The molecule has 5 nitrogen and oxygen atoms in total. The lowest BCUT2D eigenvalue weighted by molar-refractivity contribution is -0.192. The van der Waals surface area contributed by atoms with Crippen LogP contribution in [-0.2, 0) is 9.59 Å². The zero-order valence-electron chi connectivity index (χ0n) is 10.9. The standard InChI is InChI=1S/C9H18N2O.C2HF3O2/c1-3-10-9(12)8-6-7(2)4-5-11-8;3-2(4,5)1(6)7/h7-8,11H,3-6H2,1-2H3,(H,10,12);(H,6,7)/t7-,8-;/m1./s1. The second-order valence-electron chi connectivity index (χ2n) is 4.33. The maximum absolute atomic E-state index is 11.4. The van der Waals surface area contributed by atoms with E-state index in [2.05, 4.69) is 17.6 Å². The third-order valence-corrected chi connectivity index (χ3v) is 2.58. The van der Waals surface area contributed by atoms with Crippen LogP contribution in [0.15, 0.2) is 0 Å². The number of rotatable bonds is 2. The number of carboxylic acids is 1. The largest absolute Gasteiger partial charge is 0.490 e. The summed E-state index contributed by atoms with van der Waals surface area (Å²) < 4.78 is 31.7. The molecule has 1 fully saturated rings. The molecule has 1 amide bonds. The molecular weight excluding hydrogens is 265 g/mol. The molecule has 0 aromatic heterocycles. The van der Waals surface area contributed by atoms with E-state index in [-0.39, 0.29) is 11.9 Å². The van der Waals surface area contributed by atoms with Crippen molar-refractivity contribution in [2.75, 3.05) is 13.1 Å². The monoisotopic (exact) mass is 284 g/mol. The number of alkyl halides is 3. The molecule has 0 unspecified atom stereocenters. The first-order valence-corrected chi connectivity index (χ1v) is 5.99. The zero-order valence-corrected chi connectivity index (χ0v) is 10.9. The van der Waals surface area contributed by atoms with E-state index in [0.717, 1.165) is 19.5 Å². The number of nitrogens with one attached hydrogen (secondary N) is 2. The number of amides is 1. The van der Waals surface area contributed by atoms with Crippen LogP contribution in [-0.4, -0.2) is 42.3 Å². The van der Waals surface area contributed by atoms with Crippen LogP contribution in [0.4, 0.5) is 13.2 Å². The second kappa shape index (κ2) is 7.98. The molecular formula is C11H19F3N2O3. The minimum Gasteiger partial charge on any atom is -0.475 e. The highest BCUT2D eigenvalue weighted by molar-refractivity contribution is 5.81. The number of piperidine rings is 1. The van der Waals surface area contributed by atoms with Crippen molar-refractivity contribution in [2.24, 2.45) is 5.92 Å². The Kier molecular flexibility index (Phi) is 7.43. The molecule has 1 saturated heterocycles. The molecule has 2 atom stereocenters. The molecule has 19 heavy (non-hydrogen) atoms. The van der Waals surface area contributed by atoms with Crippen LogP contribution in [0, 0.1) is 5.92 Å². The van der Waals surface area contributed by atoms with Gasteiger partial charge in [-0.3, -0.25) is 4.79 Å². The summed E-state index contributed by atoms with van der Waals surface area (Å²) in [4.78, 5) is 20.3. The Bertz CT molecular complexity index is 308. The number of hydrogen-bond donors (Lipinski definition) is 3. The predicted octanol–water partition coefficient (Wildman–Crippen LogP) is 1.14. The molecule has 1 rings (SSSR count). The molecule has 0 aromatic carbocycles. The maximum Gasteiger partial charge on any atom is 0.490 e. The van der Waals surface area contributed by atoms with Gasteiger partial charge in [0, 0.05) is 6.54 Å². The highest BCUT2D eigenvalue weighted by atomic mass is 19.4. The molecule has 3 N–H and O–H groups in total. The average molecular weight is 284 g/mol. The molecule has 1 aliphatic heterocycles. The van der Waals surface area contributed by atoms with E-state index in [0.29, 0.717) is 5.92 Å². The van der Waals surface area contributed by atoms with Crippen molar-refractivity contribution in [3.63, 3.8) is 0 Å². The molecule has 0 bridgehead atoms. The smallest absolute Gasteiger partial charge is 0.475 e. The van der Waals surface area contributed by atoms with Crippen molar-refractivity contribution >= 4 is 11.9 Å². The van der Waals surface area contributed by atoms with Gasteiger partial charge in [0.05, 0.1) is 6.04 Å². The van der Waals surface area contributed by atoms with Crippen LogP contribution in [0.25, 0.3) is 0 Å². The van der Waals surface area contributed by atoms with Crippen LogP contribution in [0.5, 0.6) is 0 Å². The van der Waals surface area contributed by atoms with E-state index in [4.69, 9.17) is 9.90 Å². The van der Waals surface area contributed by atoms with Gasteiger partial charge in [0.15, 0.2) is 0 Å². The van der Waals surface area contributed by atoms with Crippen LogP contribution in [0.1, 0.15) is 26.7 Å². The van der Waals surface area contributed by atoms with Crippen LogP contribution in [0.2, 0.25) is 0 Å². The number of likely N-dealkylation sites (N-methyl/N-ethyl adjacent to an activating group) is 1. The lowest BCUT2D eigenvalue weighted by atomic mass is 9.94. The Morgan fingerprint density at radius 1 is 1.42 bits per heavy atom. The molecule has 0 aliphatic carbocycles. The Hall–Kier alpha value is -1.31. The maximum atomic E-state index is 11.4. The highest BCUT2D eigenvalue weighted by Gasteiger charge is 2.38. The summed E-state index contributed by atoms with van der Waals surface area (Å²) in [5.74, 6) is -1.92. The van der Waals surface area contributed by atoms with E-state index < -0.39 is 12.1 Å². The van der Waals surface area contributed by atoms with Crippen molar-refractivity contribution in [1.82, 2.24) is 10.6 Å². The van der Waals surface area contributed by atoms with Crippen molar-refractivity contribution in [3.05, 3.63) is 0 Å². The van der Waals surface area contributed by atoms with Gasteiger partial charge in [-0.2, -0.15) is 13.2 Å². The van der Waals surface area contributed by atoms with Crippen LogP contribution >= 0.6 is 0 Å². The van der Waals surface area contributed by atoms with Crippen LogP contribution < -0.4 is 10.6 Å². The number of hydrogen-bond acceptors (Lipinski definition) is 3. The minimum absolute atomic E-state index is 0.0497. The third kappa shape index (κ3) is 7.66. The summed E-state index contributed by atoms with van der Waals surface area (Å²) in [6, 6.07) is 0.0497. The fourth-order valence-corrected chi connectivity index (χ4v) is 1.60. The van der Waals surface area contributed by atoms with Crippen molar-refractivity contribution in [2.45, 2.75) is 38.9 Å². The number of carbonyl (C=O) groups excluding carboxylic acids is 1. The van der Waals surface area contributed by atoms with Gasteiger partial charge in [-0.25, -0.2) is 4.79 Å². The molecule has 0 radical (unpaired) electrons. The molecule has 0 saturated carbocycles. The first-order chi connectivity index (χ1) is 8.68. The lowest BCUT2D eigenvalue weighted by Crippen LogP contribution is -2.48. The van der Waals surface area contributed by atoms with Gasteiger partial charge in [0.25, 0.3) is 0 Å². The van der Waals surface area contributed by atoms with Crippen molar-refractivity contribution in [3.8, 4) is 0 Å². The molecule has 0 spiro atoms. The van der Waals surface area contributed by atoms with E-state index in [9.17, 15) is 18.0 Å². The van der Waals surface area contributed by atoms with Gasteiger partial charge in [-0.05, 0) is 32.2 Å². The minimum atomic E-state index is -5.08. The normalized spacial score (nSPS) is 23.0. The summed E-state index contributed by atoms with van der Waals surface area (Å²) in [6.07, 6.45) is -2.91. The average Bonchev–Trinajstić information content (AvgIpc) is 2.29. The number of carboxylic acid groups (broad SMARTS) is 1. The number of halogens is 3. The summed E-state index contributed by atoms with van der Waals surface area (Å²) in [5, 5.41) is 13.2. The molecule has 8 heteroatoms. The molecule has 0 aromatic rings. The van der Waals surface area contributed by atoms with Crippen molar-refractivity contribution in [1.29, 1.82) is 0 Å². The fraction of sp³-hybridized carbons (Fsp3) is 0.818. The van der Waals surface area contributed by atoms with Gasteiger partial charge in [-0.15, -0.1) is 0 Å². The first kappa shape index (κ1) is 17.7. The summed E-state index contributed by atoms with van der Waals surface area (Å²) >= 11 is 0. The van der Waals surface area contributed by atoms with E-state index in [1.807, 2.05) is 6.92 Å². The van der Waals surface area contributed by atoms with E-state index in [1.54, 1.807) is 0 Å². The Morgan fingerprint density at radius 2 is 1.95 bits per heavy atom. The van der Waals surface area contributed by atoms with Gasteiger partial charge in [0.2, 0.25) is 5.91 Å². The van der Waals surface area contributed by atoms with Crippen molar-refractivity contribution < 1.29 is 27.9 Å². The Morgan fingerprint density at radius 3 is 2.32 bits per heavy atom. The Labute approximate surface area is 109 Å². The molecule has 1 heterocycles. The van der Waals surface area contributed by atoms with E-state index in [1.165, 1.54) is 6.42 Å². The number of aliphatic carboxylic acids is 1. The van der Waals surface area contributed by atoms with Crippen LogP contribution in [0.3, 0.4) is 0 Å². The topological polar surface area (TPSA) is 78.4 Å². The van der Waals surface area contributed by atoms with Gasteiger partial charge in [0.1, 0.15) is 0 Å². The van der Waals surface area contributed by atoms with Gasteiger partial charge < -0.3 is 15.7 Å². The van der Waals surface area contributed by atoms with Gasteiger partial charge >= 0.3 is 12.1 Å². The second-order valence-corrected chi connectivity index (χ2v) is 4.33. The van der Waals surface area contributed by atoms with E-state index >= 15 is 0 Å². The third-order valence-electron chi connectivity index (χ3n) is 2.58. The molecule has 1 aliphatic rings. The summed E-state index contributed by atoms with van der Waals surface area (Å²) in [6.45, 7) is 5.85. The fourth-order valence-electron chi connectivity index (χ4n) is 1.60. The predicted molar refractivity (Wildman–Crippen MR) is 62.6 cm³/mol.